The van der Waals surface area contributed by atoms with Gasteiger partial charge in [0.25, 0.3) is 5.91 Å². The highest BCUT2D eigenvalue weighted by atomic mass is 16.5. The Labute approximate surface area is 217 Å². The van der Waals surface area contributed by atoms with Gasteiger partial charge in [-0.3, -0.25) is 19.3 Å². The van der Waals surface area contributed by atoms with Gasteiger partial charge in [0.1, 0.15) is 12.1 Å². The van der Waals surface area contributed by atoms with E-state index in [1.165, 1.54) is 4.90 Å². The van der Waals surface area contributed by atoms with Gasteiger partial charge in [-0.05, 0) is 23.8 Å². The number of likely N-dealkylation sites (tertiary alicyclic amines) is 1. The predicted octanol–water partition coefficient (Wildman–Crippen LogP) is -1.93. The molecule has 8 N–H and O–H groups in total. The summed E-state index contributed by atoms with van der Waals surface area (Å²) in [6.45, 7) is 1.67. The number of hydrogen-bond acceptors (Lipinski definition) is 11. The monoisotopic (exact) mass is 520 g/mol. The number of nitrogens with one attached hydrogen (secondary N) is 2. The minimum absolute atomic E-state index is 0.0623. The Morgan fingerprint density at radius 1 is 1.16 bits per heavy atom. The summed E-state index contributed by atoms with van der Waals surface area (Å²) < 4.78 is 0. The van der Waals surface area contributed by atoms with Crippen molar-refractivity contribution in [1.82, 2.24) is 20.4 Å². The zero-order valence-corrected chi connectivity index (χ0v) is 20.6. The molecular formula is C25H28N8O5. The van der Waals surface area contributed by atoms with Crippen molar-refractivity contribution in [2.45, 2.75) is 49.3 Å². The van der Waals surface area contributed by atoms with Crippen LogP contribution in [0.4, 0.5) is 0 Å². The Balaban J connectivity index is 1.33. The number of amides is 3. The van der Waals surface area contributed by atoms with Crippen LogP contribution in [-0.4, -0.2) is 92.3 Å². The number of imide groups is 1. The lowest BCUT2D eigenvalue weighted by atomic mass is 9.84. The van der Waals surface area contributed by atoms with Crippen molar-refractivity contribution in [1.29, 1.82) is 0 Å². The van der Waals surface area contributed by atoms with Gasteiger partial charge in [0, 0.05) is 24.9 Å². The highest BCUT2D eigenvalue weighted by Crippen LogP contribution is 2.45. The lowest BCUT2D eigenvalue weighted by molar-refractivity contribution is -0.230. The molecule has 13 nitrogen and oxygen atoms in total. The van der Waals surface area contributed by atoms with Crippen LogP contribution in [0, 0.1) is 6.92 Å². The van der Waals surface area contributed by atoms with Crippen molar-refractivity contribution < 1.29 is 24.6 Å². The van der Waals surface area contributed by atoms with E-state index in [1.807, 2.05) is 31.2 Å². The summed E-state index contributed by atoms with van der Waals surface area (Å²) in [5.74, 6) is -3.96. The molecule has 2 aromatic carbocycles. The summed E-state index contributed by atoms with van der Waals surface area (Å²) in [5, 5.41) is 30.5. The summed E-state index contributed by atoms with van der Waals surface area (Å²) in [7, 11) is 0. The molecule has 2 saturated heterocycles. The second-order valence-electron chi connectivity index (χ2n) is 10.2. The molecule has 0 aromatic heterocycles. The summed E-state index contributed by atoms with van der Waals surface area (Å²) in [5.41, 5.74) is 11.9. The minimum atomic E-state index is -2.63. The number of aryl methyl sites for hydroxylation is 1. The fourth-order valence-corrected chi connectivity index (χ4v) is 6.07. The molecule has 1 spiro atoms. The van der Waals surface area contributed by atoms with E-state index in [0.717, 1.165) is 21.2 Å². The lowest BCUT2D eigenvalue weighted by Gasteiger charge is -2.49. The van der Waals surface area contributed by atoms with Crippen LogP contribution in [0.1, 0.15) is 28.8 Å². The number of hydrogen-bond donors (Lipinski definition) is 6. The molecular weight excluding hydrogens is 492 g/mol. The van der Waals surface area contributed by atoms with Crippen LogP contribution >= 0.6 is 0 Å². The molecule has 0 radical (unpaired) electrons. The van der Waals surface area contributed by atoms with E-state index in [1.54, 1.807) is 12.1 Å². The summed E-state index contributed by atoms with van der Waals surface area (Å²) >= 11 is 0. The van der Waals surface area contributed by atoms with E-state index >= 15 is 0 Å². The fraction of sp³-hybridized carbons (Fsp3) is 0.400. The van der Waals surface area contributed by atoms with Gasteiger partial charge < -0.3 is 37.2 Å². The molecule has 0 bridgehead atoms. The van der Waals surface area contributed by atoms with Gasteiger partial charge in [0.05, 0.1) is 12.6 Å². The first-order valence-corrected chi connectivity index (χ1v) is 12.3. The highest BCUT2D eigenvalue weighted by molar-refractivity contribution is 6.07. The van der Waals surface area contributed by atoms with Crippen LogP contribution in [0.5, 0.6) is 0 Å². The van der Waals surface area contributed by atoms with Crippen LogP contribution in [0.2, 0.25) is 0 Å². The van der Waals surface area contributed by atoms with Crippen LogP contribution in [-0.2, 0) is 9.59 Å². The largest absolute Gasteiger partial charge is 0.370 e. The summed E-state index contributed by atoms with van der Waals surface area (Å²) in [4.78, 5) is 49.3. The molecule has 13 heteroatoms. The molecule has 4 aliphatic heterocycles. The van der Waals surface area contributed by atoms with Gasteiger partial charge in [-0.25, -0.2) is 9.98 Å². The zero-order valence-electron chi connectivity index (χ0n) is 20.6. The van der Waals surface area contributed by atoms with Crippen LogP contribution < -0.4 is 22.1 Å². The van der Waals surface area contributed by atoms with Crippen molar-refractivity contribution in [3.63, 3.8) is 0 Å². The van der Waals surface area contributed by atoms with Gasteiger partial charge in [0.2, 0.25) is 17.6 Å². The Hall–Kier alpha value is -4.23. The molecule has 198 valence electrons. The van der Waals surface area contributed by atoms with Gasteiger partial charge in [-0.2, -0.15) is 0 Å². The molecule has 2 unspecified atom stereocenters. The smallest absolute Gasteiger partial charge is 0.252 e. The van der Waals surface area contributed by atoms with E-state index in [-0.39, 0.29) is 49.7 Å². The first kappa shape index (κ1) is 24.1. The van der Waals surface area contributed by atoms with Gasteiger partial charge >= 0.3 is 0 Å². The normalized spacial score (nSPS) is 29.6. The standard InChI is InChI=1S/C25H28N8O5/c1-12-5-6-13-3-2-4-14(15(13)9-12)21(36)29-17-11-33-23(27)28-16(10-32-18(34)7-8-19(32)35)20-24(33,25(17,37)38)31-22(26)30-20/h2-6,9,16-17,20,37-38H,7-8,10-11H2,1H3,(H2,27,28)(H,29,36)(H3,26,30,31)/t16-,17?,20-,24?/m0/s1. The maximum Gasteiger partial charge on any atom is 0.252 e. The number of benzene rings is 2. The number of guanidine groups is 2. The highest BCUT2D eigenvalue weighted by Gasteiger charge is 2.73. The Kier molecular flexibility index (Phi) is 5.16. The van der Waals surface area contributed by atoms with Gasteiger partial charge in [0.15, 0.2) is 17.6 Å². The Morgan fingerprint density at radius 2 is 1.89 bits per heavy atom. The van der Waals surface area contributed by atoms with E-state index in [9.17, 15) is 24.6 Å². The quantitative estimate of drug-likeness (QED) is 0.196. The average molecular weight is 521 g/mol. The van der Waals surface area contributed by atoms with Crippen molar-refractivity contribution >= 4 is 40.4 Å². The Morgan fingerprint density at radius 3 is 2.63 bits per heavy atom. The van der Waals surface area contributed by atoms with E-state index in [2.05, 4.69) is 20.6 Å². The molecule has 0 aliphatic carbocycles. The molecule has 3 amide bonds. The van der Waals surface area contributed by atoms with E-state index in [4.69, 9.17) is 11.5 Å². The van der Waals surface area contributed by atoms with Crippen molar-refractivity contribution in [2.24, 2.45) is 21.5 Å². The molecule has 4 aliphatic rings. The molecule has 4 heterocycles. The number of carbonyl (C=O) groups is 3. The molecule has 2 aromatic rings. The molecule has 4 atom stereocenters. The second-order valence-corrected chi connectivity index (χ2v) is 10.2. The predicted molar refractivity (Wildman–Crippen MR) is 136 cm³/mol. The second kappa shape index (κ2) is 8.13. The van der Waals surface area contributed by atoms with Crippen LogP contribution in [0.25, 0.3) is 10.8 Å². The van der Waals surface area contributed by atoms with Crippen molar-refractivity contribution in [2.75, 3.05) is 13.1 Å². The zero-order chi connectivity index (χ0) is 27.0. The first-order chi connectivity index (χ1) is 18.0. The van der Waals surface area contributed by atoms with Gasteiger partial charge in [-0.1, -0.05) is 35.9 Å². The molecule has 2 fully saturated rings. The number of aliphatic imine (C=N–C) groups is 2. The van der Waals surface area contributed by atoms with E-state index < -0.39 is 35.5 Å². The summed E-state index contributed by atoms with van der Waals surface area (Å²) in [6, 6.07) is 7.94. The van der Waals surface area contributed by atoms with Crippen LogP contribution in [0.3, 0.4) is 0 Å². The maximum atomic E-state index is 13.5. The topological polar surface area (TPSA) is 199 Å². The number of nitrogens with zero attached hydrogens (tertiary/aromatic N) is 4. The SMILES string of the molecule is Cc1ccc2cccc(C(=O)NC3CN4C(N)=N[C@@H](CN5C(=O)CCC5=O)[C@@H]5N=C(N)NC54C3(O)O)c2c1. The third-order valence-electron chi connectivity index (χ3n) is 7.91. The number of rotatable bonds is 4. The molecule has 38 heavy (non-hydrogen) atoms. The van der Waals surface area contributed by atoms with Gasteiger partial charge in [-0.15, -0.1) is 0 Å². The molecule has 0 saturated carbocycles. The number of fused-ring (bicyclic) bond motifs is 1. The molecule has 6 rings (SSSR count). The van der Waals surface area contributed by atoms with E-state index in [0.29, 0.717) is 5.56 Å². The van der Waals surface area contributed by atoms with Crippen LogP contribution in [0.15, 0.2) is 46.4 Å². The fourth-order valence-electron chi connectivity index (χ4n) is 6.07. The summed E-state index contributed by atoms with van der Waals surface area (Å²) in [6.07, 6.45) is 0.199. The minimum Gasteiger partial charge on any atom is -0.370 e. The first-order valence-electron chi connectivity index (χ1n) is 12.3. The Bertz CT molecular complexity index is 1440. The van der Waals surface area contributed by atoms with Crippen molar-refractivity contribution in [3.8, 4) is 0 Å². The third-order valence-corrected chi connectivity index (χ3v) is 7.91. The number of aliphatic hydroxyl groups is 2. The lowest BCUT2D eigenvalue weighted by Crippen LogP contribution is -2.78. The third kappa shape index (κ3) is 3.28. The average Bonchev–Trinajstić information content (AvgIpc) is 3.46. The van der Waals surface area contributed by atoms with Crippen molar-refractivity contribution in [3.05, 3.63) is 47.5 Å². The number of carbonyl (C=O) groups excluding carboxylic acids is 3. The number of nitrogens with two attached hydrogens (primary N) is 2. The maximum absolute atomic E-state index is 13.5.